The SMILES string of the molecule is CC(C)(C)NCC(=O)c1ccc(OC(=O)c2cccnc2)c(O)c1. The van der Waals surface area contributed by atoms with E-state index in [1.807, 2.05) is 20.8 Å². The molecule has 2 N–H and O–H groups in total. The summed E-state index contributed by atoms with van der Waals surface area (Å²) in [5, 5.41) is 13.1. The Bertz CT molecular complexity index is 736. The molecule has 0 bridgehead atoms. The number of pyridine rings is 1. The van der Waals surface area contributed by atoms with Crippen molar-refractivity contribution in [2.75, 3.05) is 6.54 Å². The number of aromatic nitrogens is 1. The number of ketones is 1. The third-order valence-corrected chi connectivity index (χ3v) is 3.16. The second-order valence-electron chi connectivity index (χ2n) is 6.34. The van der Waals surface area contributed by atoms with Crippen molar-refractivity contribution in [1.82, 2.24) is 10.3 Å². The third kappa shape index (κ3) is 4.89. The van der Waals surface area contributed by atoms with Gasteiger partial charge in [0.15, 0.2) is 17.3 Å². The lowest BCUT2D eigenvalue weighted by atomic mass is 10.1. The number of phenolic OH excluding ortho intramolecular Hbond substituents is 1. The largest absolute Gasteiger partial charge is 0.504 e. The van der Waals surface area contributed by atoms with Gasteiger partial charge >= 0.3 is 5.97 Å². The highest BCUT2D eigenvalue weighted by Gasteiger charge is 2.16. The Morgan fingerprint density at radius 2 is 1.96 bits per heavy atom. The Morgan fingerprint density at radius 3 is 2.54 bits per heavy atom. The minimum Gasteiger partial charge on any atom is -0.504 e. The highest BCUT2D eigenvalue weighted by Crippen LogP contribution is 2.27. The number of hydrogen-bond acceptors (Lipinski definition) is 6. The molecule has 0 radical (unpaired) electrons. The first kappa shape index (κ1) is 17.6. The van der Waals surface area contributed by atoms with Crippen LogP contribution < -0.4 is 10.1 Å². The maximum Gasteiger partial charge on any atom is 0.345 e. The lowest BCUT2D eigenvalue weighted by molar-refractivity contribution is 0.0729. The van der Waals surface area contributed by atoms with E-state index in [-0.39, 0.29) is 34.9 Å². The van der Waals surface area contributed by atoms with Crippen molar-refractivity contribution in [3.63, 3.8) is 0 Å². The minimum atomic E-state index is -0.633. The Kier molecular flexibility index (Phi) is 5.31. The Morgan fingerprint density at radius 1 is 1.21 bits per heavy atom. The van der Waals surface area contributed by atoms with Crippen LogP contribution in [-0.4, -0.2) is 33.9 Å². The fourth-order valence-corrected chi connectivity index (χ4v) is 1.87. The summed E-state index contributed by atoms with van der Waals surface area (Å²) in [5.74, 6) is -1.07. The predicted molar refractivity (Wildman–Crippen MR) is 89.4 cm³/mol. The molecule has 0 saturated carbocycles. The van der Waals surface area contributed by atoms with Crippen LogP contribution in [0.5, 0.6) is 11.5 Å². The Hall–Kier alpha value is -2.73. The number of esters is 1. The van der Waals surface area contributed by atoms with Crippen LogP contribution in [0.1, 0.15) is 41.5 Å². The molecule has 0 aliphatic carbocycles. The molecule has 0 aliphatic heterocycles. The first-order chi connectivity index (χ1) is 11.3. The molecule has 24 heavy (non-hydrogen) atoms. The zero-order chi connectivity index (χ0) is 17.7. The summed E-state index contributed by atoms with van der Waals surface area (Å²) in [7, 11) is 0. The number of rotatable bonds is 5. The van der Waals surface area contributed by atoms with Gasteiger partial charge in [0.2, 0.25) is 0 Å². The van der Waals surface area contributed by atoms with Crippen LogP contribution in [0.4, 0.5) is 0 Å². The van der Waals surface area contributed by atoms with E-state index in [1.165, 1.54) is 24.4 Å². The number of nitrogens with zero attached hydrogens (tertiary/aromatic N) is 1. The maximum atomic E-state index is 12.1. The number of nitrogens with one attached hydrogen (secondary N) is 1. The topological polar surface area (TPSA) is 88.5 Å². The fourth-order valence-electron chi connectivity index (χ4n) is 1.87. The van der Waals surface area contributed by atoms with Gasteiger partial charge in [0.25, 0.3) is 0 Å². The van der Waals surface area contributed by atoms with E-state index in [4.69, 9.17) is 4.74 Å². The average molecular weight is 328 g/mol. The molecule has 0 saturated heterocycles. The molecule has 0 aliphatic rings. The average Bonchev–Trinajstić information content (AvgIpc) is 2.54. The van der Waals surface area contributed by atoms with Gasteiger partial charge in [-0.1, -0.05) is 0 Å². The van der Waals surface area contributed by atoms with Gasteiger partial charge in [-0.05, 0) is 51.1 Å². The summed E-state index contributed by atoms with van der Waals surface area (Å²) in [6.45, 7) is 6.02. The van der Waals surface area contributed by atoms with E-state index >= 15 is 0 Å². The van der Waals surface area contributed by atoms with Gasteiger partial charge in [-0.3, -0.25) is 9.78 Å². The van der Waals surface area contributed by atoms with Crippen LogP contribution in [0.2, 0.25) is 0 Å². The number of benzene rings is 1. The summed E-state index contributed by atoms with van der Waals surface area (Å²) in [6.07, 6.45) is 2.91. The molecule has 6 heteroatoms. The second kappa shape index (κ2) is 7.23. The zero-order valence-corrected chi connectivity index (χ0v) is 13.9. The molecule has 1 aromatic heterocycles. The number of ether oxygens (including phenoxy) is 1. The first-order valence-electron chi connectivity index (χ1n) is 7.50. The summed E-state index contributed by atoms with van der Waals surface area (Å²) in [6, 6.07) is 7.37. The van der Waals surface area contributed by atoms with Crippen LogP contribution in [0.3, 0.4) is 0 Å². The zero-order valence-electron chi connectivity index (χ0n) is 13.9. The number of Topliss-reactive ketones (excluding diaryl/α,β-unsaturated/α-hetero) is 1. The molecule has 1 aromatic carbocycles. The van der Waals surface area contributed by atoms with Crippen LogP contribution >= 0.6 is 0 Å². The molecule has 0 atom stereocenters. The second-order valence-corrected chi connectivity index (χ2v) is 6.34. The lowest BCUT2D eigenvalue weighted by Crippen LogP contribution is -2.39. The molecular weight excluding hydrogens is 308 g/mol. The fraction of sp³-hybridized carbons (Fsp3) is 0.278. The minimum absolute atomic E-state index is 0.0100. The number of carbonyl (C=O) groups excluding carboxylic acids is 2. The molecule has 0 spiro atoms. The molecule has 2 aromatic rings. The van der Waals surface area contributed by atoms with Gasteiger partial charge in [-0.15, -0.1) is 0 Å². The van der Waals surface area contributed by atoms with Gasteiger partial charge in [-0.2, -0.15) is 0 Å². The standard InChI is InChI=1S/C18H20N2O4/c1-18(2,3)20-11-15(22)12-6-7-16(14(21)9-12)24-17(23)13-5-4-8-19-10-13/h4-10,20-21H,11H2,1-3H3. The molecule has 0 fully saturated rings. The van der Waals surface area contributed by atoms with Crippen LogP contribution in [0, 0.1) is 0 Å². The van der Waals surface area contributed by atoms with E-state index in [0.717, 1.165) is 0 Å². The number of aromatic hydroxyl groups is 1. The predicted octanol–water partition coefficient (Wildman–Crippen LogP) is 2.58. The summed E-state index contributed by atoms with van der Waals surface area (Å²) in [4.78, 5) is 27.9. The van der Waals surface area contributed by atoms with Crippen molar-refractivity contribution in [3.8, 4) is 11.5 Å². The summed E-state index contributed by atoms with van der Waals surface area (Å²) < 4.78 is 5.12. The van der Waals surface area contributed by atoms with Gasteiger partial charge in [0.05, 0.1) is 12.1 Å². The van der Waals surface area contributed by atoms with Crippen molar-refractivity contribution in [1.29, 1.82) is 0 Å². The molecule has 6 nitrogen and oxygen atoms in total. The highest BCUT2D eigenvalue weighted by atomic mass is 16.5. The van der Waals surface area contributed by atoms with E-state index in [9.17, 15) is 14.7 Å². The molecule has 2 rings (SSSR count). The number of phenols is 1. The van der Waals surface area contributed by atoms with E-state index in [2.05, 4.69) is 10.3 Å². The highest BCUT2D eigenvalue weighted by molar-refractivity contribution is 5.98. The van der Waals surface area contributed by atoms with Crippen LogP contribution in [-0.2, 0) is 0 Å². The third-order valence-electron chi connectivity index (χ3n) is 3.16. The van der Waals surface area contributed by atoms with Crippen molar-refractivity contribution < 1.29 is 19.4 Å². The quantitative estimate of drug-likeness (QED) is 0.498. The molecular formula is C18H20N2O4. The molecule has 0 unspecified atom stereocenters. The molecule has 0 amide bonds. The van der Waals surface area contributed by atoms with Gasteiger partial charge in [0.1, 0.15) is 0 Å². The van der Waals surface area contributed by atoms with Gasteiger partial charge < -0.3 is 15.2 Å². The van der Waals surface area contributed by atoms with Crippen molar-refractivity contribution in [3.05, 3.63) is 53.9 Å². The van der Waals surface area contributed by atoms with E-state index < -0.39 is 5.97 Å². The number of hydrogen-bond donors (Lipinski definition) is 2. The van der Waals surface area contributed by atoms with Crippen LogP contribution in [0.25, 0.3) is 0 Å². The smallest absolute Gasteiger partial charge is 0.345 e. The normalized spacial score (nSPS) is 11.1. The van der Waals surface area contributed by atoms with Gasteiger partial charge in [0, 0.05) is 23.5 Å². The number of carbonyl (C=O) groups is 2. The van der Waals surface area contributed by atoms with Crippen molar-refractivity contribution in [2.45, 2.75) is 26.3 Å². The summed E-state index contributed by atoms with van der Waals surface area (Å²) >= 11 is 0. The van der Waals surface area contributed by atoms with Crippen molar-refractivity contribution >= 4 is 11.8 Å². The molecule has 1 heterocycles. The van der Waals surface area contributed by atoms with Gasteiger partial charge in [-0.25, -0.2) is 4.79 Å². The monoisotopic (exact) mass is 328 g/mol. The van der Waals surface area contributed by atoms with Crippen molar-refractivity contribution in [2.24, 2.45) is 0 Å². The Balaban J connectivity index is 2.07. The lowest BCUT2D eigenvalue weighted by Gasteiger charge is -2.19. The van der Waals surface area contributed by atoms with E-state index in [1.54, 1.807) is 18.3 Å². The molecule has 126 valence electrons. The maximum absolute atomic E-state index is 12.1. The van der Waals surface area contributed by atoms with Crippen LogP contribution in [0.15, 0.2) is 42.7 Å². The summed E-state index contributed by atoms with van der Waals surface area (Å²) in [5.41, 5.74) is 0.425. The Labute approximate surface area is 140 Å². The van der Waals surface area contributed by atoms with E-state index in [0.29, 0.717) is 5.56 Å². The first-order valence-corrected chi connectivity index (χ1v) is 7.50.